The summed E-state index contributed by atoms with van der Waals surface area (Å²) in [6, 6.07) is 17.5. The van der Waals surface area contributed by atoms with E-state index in [2.05, 4.69) is 33.4 Å². The van der Waals surface area contributed by atoms with Crippen molar-refractivity contribution in [1.82, 2.24) is 19.9 Å². The third-order valence-corrected chi connectivity index (χ3v) is 11.4. The molecular formula is C38H44N6O5S. The molecule has 50 heavy (non-hydrogen) atoms. The Morgan fingerprint density at radius 3 is 2.38 bits per heavy atom. The number of piperidine rings is 1. The molecule has 12 heteroatoms. The Morgan fingerprint density at radius 2 is 1.72 bits per heavy atom. The van der Waals surface area contributed by atoms with Crippen LogP contribution in [-0.2, 0) is 21.3 Å². The zero-order chi connectivity index (χ0) is 35.0. The molecule has 4 aromatic rings. The quantitative estimate of drug-likeness (QED) is 0.258. The van der Waals surface area contributed by atoms with Crippen LogP contribution < -0.4 is 14.4 Å². The summed E-state index contributed by atoms with van der Waals surface area (Å²) in [7, 11) is -4.15. The summed E-state index contributed by atoms with van der Waals surface area (Å²) in [4.78, 5) is 32.4. The molecule has 3 aliphatic rings. The lowest BCUT2D eigenvalue weighted by molar-refractivity contribution is -0.124. The van der Waals surface area contributed by atoms with Gasteiger partial charge in [-0.25, -0.2) is 23.1 Å². The number of hydrogen-bond donors (Lipinski definition) is 1. The standard InChI is InChI=1S/C38H44N6O5S/c1-25(2)17-30-22-49-34-19-32(35-26(3)7-5-8-27(35)4)40-37(41-34)42-50(46,47)31-10-6-9-29(18-31)36(45)44(30)21-28-11-12-33(39-20-28)43-15-13-38(14-16-43)23-48-24-38/h5-12,18-20,25,30H,13-17,21-24H2,1-4H3,(H,40,41,42)/t30-/m1/s1. The molecule has 2 aromatic heterocycles. The Balaban J connectivity index is 1.24. The van der Waals surface area contributed by atoms with Crippen molar-refractivity contribution in [2.45, 2.75) is 64.4 Å². The normalized spacial score (nSPS) is 19.9. The molecule has 0 aliphatic carbocycles. The molecule has 0 radical (unpaired) electrons. The van der Waals surface area contributed by atoms with Gasteiger partial charge in [0, 0.05) is 48.4 Å². The molecular weight excluding hydrogens is 653 g/mol. The molecule has 1 atom stereocenters. The molecule has 3 aliphatic heterocycles. The van der Waals surface area contributed by atoms with Gasteiger partial charge in [0.1, 0.15) is 12.4 Å². The monoisotopic (exact) mass is 696 g/mol. The van der Waals surface area contributed by atoms with Gasteiger partial charge < -0.3 is 19.3 Å². The number of sulfonamides is 1. The summed E-state index contributed by atoms with van der Waals surface area (Å²) < 4.78 is 41.8. The van der Waals surface area contributed by atoms with Crippen LogP contribution >= 0.6 is 0 Å². The van der Waals surface area contributed by atoms with Crippen LogP contribution in [0.5, 0.6) is 5.88 Å². The SMILES string of the molecule is Cc1cccc(C)c1-c1cc2nc(n1)NS(=O)(=O)c1cccc(c1)C(=O)N(Cc1ccc(N3CCC4(CC3)COC4)nc1)[C@H](CC(C)C)CO2. The molecule has 1 amide bonds. The summed E-state index contributed by atoms with van der Waals surface area (Å²) in [6.07, 6.45) is 4.68. The molecule has 2 saturated heterocycles. The van der Waals surface area contributed by atoms with E-state index in [1.54, 1.807) is 23.1 Å². The van der Waals surface area contributed by atoms with Crippen molar-refractivity contribution in [3.63, 3.8) is 0 Å². The van der Waals surface area contributed by atoms with E-state index >= 15 is 0 Å². The van der Waals surface area contributed by atoms with Gasteiger partial charge in [-0.3, -0.25) is 4.79 Å². The van der Waals surface area contributed by atoms with E-state index in [1.165, 1.54) is 12.1 Å². The van der Waals surface area contributed by atoms with Gasteiger partial charge in [-0.05, 0) is 80.0 Å². The van der Waals surface area contributed by atoms with Crippen LogP contribution in [0.4, 0.5) is 11.8 Å². The summed E-state index contributed by atoms with van der Waals surface area (Å²) in [5.74, 6) is 0.970. The van der Waals surface area contributed by atoms with E-state index in [1.807, 2.05) is 50.4 Å². The van der Waals surface area contributed by atoms with Gasteiger partial charge in [-0.2, -0.15) is 4.98 Å². The highest BCUT2D eigenvalue weighted by Crippen LogP contribution is 2.39. The second-order valence-corrected chi connectivity index (χ2v) is 16.0. The Kier molecular flexibility index (Phi) is 9.25. The van der Waals surface area contributed by atoms with Crippen molar-refractivity contribution in [3.05, 3.63) is 89.1 Å². The molecule has 0 unspecified atom stereocenters. The number of fused-ring (bicyclic) bond motifs is 4. The van der Waals surface area contributed by atoms with E-state index in [4.69, 9.17) is 14.5 Å². The molecule has 1 N–H and O–H groups in total. The lowest BCUT2D eigenvalue weighted by atomic mass is 9.77. The fourth-order valence-electron chi connectivity index (χ4n) is 7.19. The average Bonchev–Trinajstić information content (AvgIpc) is 3.08. The fraction of sp³-hybridized carbons (Fsp3) is 0.421. The Labute approximate surface area is 294 Å². The average molecular weight is 697 g/mol. The van der Waals surface area contributed by atoms with Crippen molar-refractivity contribution in [3.8, 4) is 17.1 Å². The molecule has 1 spiro atoms. The van der Waals surface area contributed by atoms with Crippen LogP contribution in [0, 0.1) is 25.2 Å². The number of aromatic nitrogens is 3. The number of rotatable bonds is 6. The fourth-order valence-corrected chi connectivity index (χ4v) is 8.18. The second-order valence-electron chi connectivity index (χ2n) is 14.3. The smallest absolute Gasteiger partial charge is 0.264 e. The molecule has 4 bridgehead atoms. The van der Waals surface area contributed by atoms with E-state index in [0.29, 0.717) is 17.5 Å². The number of carbonyl (C=O) groups is 1. The predicted molar refractivity (Wildman–Crippen MR) is 192 cm³/mol. The van der Waals surface area contributed by atoms with Crippen LogP contribution in [0.2, 0.25) is 0 Å². The summed E-state index contributed by atoms with van der Waals surface area (Å²) in [6.45, 7) is 12.2. The minimum atomic E-state index is -4.15. The largest absolute Gasteiger partial charge is 0.475 e. The van der Waals surface area contributed by atoms with Gasteiger partial charge in [0.15, 0.2) is 0 Å². The molecule has 11 nitrogen and oxygen atoms in total. The van der Waals surface area contributed by atoms with Gasteiger partial charge in [-0.15, -0.1) is 0 Å². The van der Waals surface area contributed by atoms with Gasteiger partial charge in [0.25, 0.3) is 15.9 Å². The maximum atomic E-state index is 14.4. The van der Waals surface area contributed by atoms with Crippen LogP contribution in [0.3, 0.4) is 0 Å². The first kappa shape index (κ1) is 33.9. The van der Waals surface area contributed by atoms with E-state index in [0.717, 1.165) is 67.2 Å². The zero-order valence-electron chi connectivity index (χ0n) is 29.1. The van der Waals surface area contributed by atoms with Gasteiger partial charge >= 0.3 is 0 Å². The lowest BCUT2D eigenvalue weighted by Crippen LogP contribution is -2.51. The van der Waals surface area contributed by atoms with E-state index < -0.39 is 10.0 Å². The number of amides is 1. The first-order valence-electron chi connectivity index (χ1n) is 17.3. The Hall–Kier alpha value is -4.55. The number of anilines is 2. The summed E-state index contributed by atoms with van der Waals surface area (Å²) in [5, 5.41) is 0. The zero-order valence-corrected chi connectivity index (χ0v) is 29.9. The number of carbonyl (C=O) groups excluding carboxylic acids is 1. The Morgan fingerprint density at radius 1 is 0.980 bits per heavy atom. The highest BCUT2D eigenvalue weighted by molar-refractivity contribution is 7.92. The maximum absolute atomic E-state index is 14.4. The van der Waals surface area contributed by atoms with Gasteiger partial charge in [-0.1, -0.05) is 44.2 Å². The van der Waals surface area contributed by atoms with E-state index in [-0.39, 0.29) is 53.3 Å². The highest BCUT2D eigenvalue weighted by atomic mass is 32.2. The first-order chi connectivity index (χ1) is 24.0. The van der Waals surface area contributed by atoms with Gasteiger partial charge in [0.05, 0.1) is 29.8 Å². The molecule has 262 valence electrons. The number of nitrogens with zero attached hydrogens (tertiary/aromatic N) is 5. The maximum Gasteiger partial charge on any atom is 0.264 e. The van der Waals surface area contributed by atoms with Crippen LogP contribution in [0.25, 0.3) is 11.3 Å². The topological polar surface area (TPSA) is 127 Å². The summed E-state index contributed by atoms with van der Waals surface area (Å²) in [5.41, 5.74) is 4.85. The van der Waals surface area contributed by atoms with Crippen molar-refractivity contribution < 1.29 is 22.7 Å². The van der Waals surface area contributed by atoms with E-state index in [9.17, 15) is 13.2 Å². The van der Waals surface area contributed by atoms with Gasteiger partial charge in [0.2, 0.25) is 11.8 Å². The van der Waals surface area contributed by atoms with Crippen LogP contribution in [-0.4, -0.2) is 73.1 Å². The lowest BCUT2D eigenvalue weighted by Gasteiger charge is -2.47. The Bertz CT molecular complexity index is 1970. The number of aryl methyl sites for hydroxylation is 2. The number of pyridine rings is 1. The number of ether oxygens (including phenoxy) is 2. The third kappa shape index (κ3) is 7.04. The molecule has 5 heterocycles. The molecule has 0 saturated carbocycles. The second kappa shape index (κ2) is 13.6. The molecule has 2 fully saturated rings. The molecule has 2 aromatic carbocycles. The number of hydrogen-bond acceptors (Lipinski definition) is 9. The third-order valence-electron chi connectivity index (χ3n) is 10.1. The van der Waals surface area contributed by atoms with Crippen LogP contribution in [0.15, 0.2) is 71.8 Å². The van der Waals surface area contributed by atoms with Crippen LogP contribution in [0.1, 0.15) is 60.2 Å². The number of benzene rings is 2. The van der Waals surface area contributed by atoms with Crippen molar-refractivity contribution in [2.24, 2.45) is 11.3 Å². The highest BCUT2D eigenvalue weighted by Gasteiger charge is 2.41. The number of nitrogens with one attached hydrogen (secondary N) is 1. The van der Waals surface area contributed by atoms with Crippen molar-refractivity contribution >= 4 is 27.7 Å². The van der Waals surface area contributed by atoms with Crippen molar-refractivity contribution in [1.29, 1.82) is 0 Å². The minimum Gasteiger partial charge on any atom is -0.475 e. The molecule has 7 rings (SSSR count). The summed E-state index contributed by atoms with van der Waals surface area (Å²) >= 11 is 0. The van der Waals surface area contributed by atoms with Crippen molar-refractivity contribution in [2.75, 3.05) is 42.5 Å². The minimum absolute atomic E-state index is 0.0608. The first-order valence-corrected chi connectivity index (χ1v) is 18.8. The predicted octanol–water partition coefficient (Wildman–Crippen LogP) is 6.02.